The van der Waals surface area contributed by atoms with E-state index in [9.17, 15) is 9.18 Å². The van der Waals surface area contributed by atoms with Crippen molar-refractivity contribution in [2.24, 2.45) is 0 Å². The minimum atomic E-state index is -0.298. The summed E-state index contributed by atoms with van der Waals surface area (Å²) in [6, 6.07) is 16.4. The molecule has 29 heavy (non-hydrogen) atoms. The van der Waals surface area contributed by atoms with E-state index in [0.717, 1.165) is 23.8 Å². The number of hydrogen-bond acceptors (Lipinski definition) is 3. The molecule has 2 heterocycles. The summed E-state index contributed by atoms with van der Waals surface area (Å²) in [5.41, 5.74) is 1.97. The summed E-state index contributed by atoms with van der Waals surface area (Å²) in [7, 11) is 0. The highest BCUT2D eigenvalue weighted by Crippen LogP contribution is 2.29. The Morgan fingerprint density at radius 2 is 1.86 bits per heavy atom. The maximum Gasteiger partial charge on any atom is 0.223 e. The van der Waals surface area contributed by atoms with Gasteiger partial charge in [0.1, 0.15) is 11.6 Å². The lowest BCUT2D eigenvalue weighted by molar-refractivity contribution is -0.127. The van der Waals surface area contributed by atoms with Crippen molar-refractivity contribution in [1.29, 1.82) is 0 Å². The van der Waals surface area contributed by atoms with Gasteiger partial charge in [0.2, 0.25) is 5.91 Å². The number of hydrogen-bond donors (Lipinski definition) is 0. The normalized spacial score (nSPS) is 16.4. The van der Waals surface area contributed by atoms with Gasteiger partial charge in [-0.25, -0.2) is 14.1 Å². The highest BCUT2D eigenvalue weighted by Gasteiger charge is 2.33. The summed E-state index contributed by atoms with van der Waals surface area (Å²) in [5, 5.41) is 4.70. The van der Waals surface area contributed by atoms with Crippen LogP contribution in [0.15, 0.2) is 67.3 Å². The average molecular weight is 390 g/mol. The second-order valence-corrected chi connectivity index (χ2v) is 7.25. The Balaban J connectivity index is 1.63. The molecule has 0 radical (unpaired) electrons. The van der Waals surface area contributed by atoms with Crippen LogP contribution in [0, 0.1) is 5.82 Å². The highest BCUT2D eigenvalue weighted by atomic mass is 19.1. The van der Waals surface area contributed by atoms with E-state index >= 15 is 0 Å². The minimum Gasteiger partial charge on any atom is -0.338 e. The molecule has 1 atom stereocenters. The summed E-state index contributed by atoms with van der Waals surface area (Å²) < 4.78 is 15.2. The SMILES string of the molecule is C=CCN1CC(c2nc(CCc3ccccc3)nn2-c2ccc(F)cc2)CC1=O. The molecule has 1 amide bonds. The number of aryl methyl sites for hydroxylation is 2. The van der Waals surface area contributed by atoms with Crippen LogP contribution in [0.3, 0.4) is 0 Å². The molecule has 1 aliphatic rings. The molecule has 1 fully saturated rings. The van der Waals surface area contributed by atoms with Crippen LogP contribution in [0.25, 0.3) is 5.69 Å². The Bertz CT molecular complexity index is 997. The fourth-order valence-corrected chi connectivity index (χ4v) is 3.69. The average Bonchev–Trinajstić information content (AvgIpc) is 3.32. The molecule has 0 aliphatic carbocycles. The molecule has 0 saturated carbocycles. The summed E-state index contributed by atoms with van der Waals surface area (Å²) >= 11 is 0. The van der Waals surface area contributed by atoms with Crippen LogP contribution in [0.5, 0.6) is 0 Å². The van der Waals surface area contributed by atoms with Gasteiger partial charge in [0, 0.05) is 31.8 Å². The first-order chi connectivity index (χ1) is 14.1. The van der Waals surface area contributed by atoms with E-state index in [0.29, 0.717) is 25.9 Å². The van der Waals surface area contributed by atoms with Gasteiger partial charge in [-0.3, -0.25) is 4.79 Å². The maximum absolute atomic E-state index is 13.4. The molecule has 0 N–H and O–H groups in total. The highest BCUT2D eigenvalue weighted by molar-refractivity contribution is 5.79. The Kier molecular flexibility index (Phi) is 5.51. The van der Waals surface area contributed by atoms with Crippen LogP contribution in [0.2, 0.25) is 0 Å². The third-order valence-electron chi connectivity index (χ3n) is 5.16. The van der Waals surface area contributed by atoms with Gasteiger partial charge < -0.3 is 4.90 Å². The van der Waals surface area contributed by atoms with E-state index in [-0.39, 0.29) is 17.6 Å². The van der Waals surface area contributed by atoms with Crippen LogP contribution in [-0.2, 0) is 17.6 Å². The number of likely N-dealkylation sites (tertiary alicyclic amines) is 1. The van der Waals surface area contributed by atoms with Gasteiger partial charge in [0.25, 0.3) is 0 Å². The van der Waals surface area contributed by atoms with E-state index in [4.69, 9.17) is 10.1 Å². The molecule has 2 aromatic carbocycles. The third kappa shape index (κ3) is 4.26. The Hall–Kier alpha value is -3.28. The van der Waals surface area contributed by atoms with Crippen molar-refractivity contribution in [1.82, 2.24) is 19.7 Å². The fourth-order valence-electron chi connectivity index (χ4n) is 3.69. The molecule has 4 rings (SSSR count). The molecule has 5 nitrogen and oxygen atoms in total. The van der Waals surface area contributed by atoms with Crippen molar-refractivity contribution in [3.05, 3.63) is 90.3 Å². The first-order valence-electron chi connectivity index (χ1n) is 9.78. The van der Waals surface area contributed by atoms with Crippen molar-refractivity contribution in [2.75, 3.05) is 13.1 Å². The zero-order chi connectivity index (χ0) is 20.2. The largest absolute Gasteiger partial charge is 0.338 e. The predicted molar refractivity (Wildman–Crippen MR) is 109 cm³/mol. The van der Waals surface area contributed by atoms with Crippen LogP contribution < -0.4 is 0 Å². The van der Waals surface area contributed by atoms with Crippen molar-refractivity contribution in [3.63, 3.8) is 0 Å². The number of nitrogens with zero attached hydrogens (tertiary/aromatic N) is 4. The summed E-state index contributed by atoms with van der Waals surface area (Å²) in [6.07, 6.45) is 3.66. The first kappa shape index (κ1) is 19.1. The van der Waals surface area contributed by atoms with Gasteiger partial charge >= 0.3 is 0 Å². The number of aromatic nitrogens is 3. The van der Waals surface area contributed by atoms with Crippen molar-refractivity contribution in [2.45, 2.75) is 25.2 Å². The van der Waals surface area contributed by atoms with Gasteiger partial charge in [0.05, 0.1) is 5.69 Å². The van der Waals surface area contributed by atoms with Gasteiger partial charge in [-0.1, -0.05) is 36.4 Å². The smallest absolute Gasteiger partial charge is 0.223 e. The van der Waals surface area contributed by atoms with Crippen LogP contribution >= 0.6 is 0 Å². The molecule has 0 bridgehead atoms. The van der Waals surface area contributed by atoms with Gasteiger partial charge in [-0.15, -0.1) is 6.58 Å². The van der Waals surface area contributed by atoms with E-state index in [1.54, 1.807) is 27.8 Å². The first-order valence-corrected chi connectivity index (χ1v) is 9.78. The molecule has 0 spiro atoms. The molecular weight excluding hydrogens is 367 g/mol. The molecule has 1 aromatic heterocycles. The summed E-state index contributed by atoms with van der Waals surface area (Å²) in [5.74, 6) is 1.22. The number of carbonyl (C=O) groups is 1. The van der Waals surface area contributed by atoms with Gasteiger partial charge in [-0.05, 0) is 36.2 Å². The lowest BCUT2D eigenvalue weighted by atomic mass is 10.1. The molecule has 3 aromatic rings. The fraction of sp³-hybridized carbons (Fsp3) is 0.261. The molecular formula is C23H23FN4O. The van der Waals surface area contributed by atoms with Crippen molar-refractivity contribution in [3.8, 4) is 5.69 Å². The van der Waals surface area contributed by atoms with Crippen LogP contribution in [-0.4, -0.2) is 38.7 Å². The number of amides is 1. The van der Waals surface area contributed by atoms with Gasteiger partial charge in [-0.2, -0.15) is 5.10 Å². The molecule has 148 valence electrons. The molecule has 1 aliphatic heterocycles. The van der Waals surface area contributed by atoms with E-state index in [1.165, 1.54) is 17.7 Å². The maximum atomic E-state index is 13.4. The summed E-state index contributed by atoms with van der Waals surface area (Å²) in [4.78, 5) is 18.9. The lowest BCUT2D eigenvalue weighted by Crippen LogP contribution is -2.25. The minimum absolute atomic E-state index is 0.0505. The zero-order valence-electron chi connectivity index (χ0n) is 16.2. The third-order valence-corrected chi connectivity index (χ3v) is 5.16. The van der Waals surface area contributed by atoms with Crippen LogP contribution in [0.4, 0.5) is 4.39 Å². The number of rotatable bonds is 7. The summed E-state index contributed by atoms with van der Waals surface area (Å²) in [6.45, 7) is 4.84. The number of benzene rings is 2. The Labute approximate surface area is 169 Å². The Morgan fingerprint density at radius 3 is 2.59 bits per heavy atom. The molecule has 6 heteroatoms. The quantitative estimate of drug-likeness (QED) is 0.578. The van der Waals surface area contributed by atoms with E-state index in [1.807, 2.05) is 18.2 Å². The molecule has 1 unspecified atom stereocenters. The van der Waals surface area contributed by atoms with E-state index < -0.39 is 0 Å². The second kappa shape index (κ2) is 8.39. The number of carbonyl (C=O) groups excluding carboxylic acids is 1. The molecule has 1 saturated heterocycles. The van der Waals surface area contributed by atoms with Gasteiger partial charge in [0.15, 0.2) is 5.82 Å². The van der Waals surface area contributed by atoms with Crippen molar-refractivity contribution >= 4 is 5.91 Å². The Morgan fingerprint density at radius 1 is 1.10 bits per heavy atom. The van der Waals surface area contributed by atoms with Crippen molar-refractivity contribution < 1.29 is 9.18 Å². The number of halogens is 1. The topological polar surface area (TPSA) is 51.0 Å². The standard InChI is InChI=1S/C23H23FN4O/c1-2-14-27-16-18(15-22(27)29)23-25-21(13-8-17-6-4-3-5-7-17)26-28(23)20-11-9-19(24)10-12-20/h2-7,9-12,18H,1,8,13-16H2. The van der Waals surface area contributed by atoms with E-state index in [2.05, 4.69) is 18.7 Å². The monoisotopic (exact) mass is 390 g/mol. The zero-order valence-corrected chi connectivity index (χ0v) is 16.2. The van der Waals surface area contributed by atoms with Crippen LogP contribution in [0.1, 0.15) is 29.6 Å². The predicted octanol–water partition coefficient (Wildman–Crippen LogP) is 3.69. The lowest BCUT2D eigenvalue weighted by Gasteiger charge is -2.14. The second-order valence-electron chi connectivity index (χ2n) is 7.25.